The molecule has 26 heavy (non-hydrogen) atoms. The van der Waals surface area contributed by atoms with Gasteiger partial charge in [-0.05, 0) is 33.6 Å². The summed E-state index contributed by atoms with van der Waals surface area (Å²) in [5.41, 5.74) is 4.04. The molecule has 1 aliphatic carbocycles. The Morgan fingerprint density at radius 2 is 1.88 bits per heavy atom. The molecule has 2 fully saturated rings. The summed E-state index contributed by atoms with van der Waals surface area (Å²) < 4.78 is 31.6. The molecular weight excluding hydrogens is 344 g/mol. The van der Waals surface area contributed by atoms with Crippen LogP contribution in [0, 0.1) is 5.41 Å². The van der Waals surface area contributed by atoms with Crippen molar-refractivity contribution < 1.29 is 23.1 Å². The van der Waals surface area contributed by atoms with Crippen molar-refractivity contribution >= 4 is 12.0 Å². The SMILES string of the molecule is CC(C)(C)OC(=O)N1C[C@H]2C[C@@H]1CN2C(=O)[C@@]1(CC(F)F)C=C[C@@H](N)C1. The van der Waals surface area contributed by atoms with E-state index in [1.54, 1.807) is 42.7 Å². The Balaban J connectivity index is 1.69. The van der Waals surface area contributed by atoms with E-state index < -0.39 is 23.9 Å². The Hall–Kier alpha value is -1.70. The van der Waals surface area contributed by atoms with Crippen molar-refractivity contribution in [2.75, 3.05) is 13.1 Å². The van der Waals surface area contributed by atoms with Crippen molar-refractivity contribution in [1.82, 2.24) is 9.80 Å². The fourth-order valence-corrected chi connectivity index (χ4v) is 4.28. The van der Waals surface area contributed by atoms with Gasteiger partial charge >= 0.3 is 6.09 Å². The maximum atomic E-state index is 13.1. The van der Waals surface area contributed by atoms with Crippen molar-refractivity contribution in [1.29, 1.82) is 0 Å². The minimum Gasteiger partial charge on any atom is -0.444 e. The third kappa shape index (κ3) is 3.56. The number of piperazine rings is 1. The number of nitrogens with two attached hydrogens (primary N) is 1. The molecule has 146 valence electrons. The summed E-state index contributed by atoms with van der Waals surface area (Å²) in [6.45, 7) is 6.15. The first-order valence-corrected chi connectivity index (χ1v) is 9.04. The van der Waals surface area contributed by atoms with Gasteiger partial charge < -0.3 is 20.3 Å². The second-order valence-corrected chi connectivity index (χ2v) is 8.61. The van der Waals surface area contributed by atoms with E-state index >= 15 is 0 Å². The van der Waals surface area contributed by atoms with Crippen LogP contribution in [-0.4, -0.2) is 65.0 Å². The highest BCUT2D eigenvalue weighted by Crippen LogP contribution is 2.42. The van der Waals surface area contributed by atoms with Crippen molar-refractivity contribution in [2.45, 2.75) is 70.2 Å². The van der Waals surface area contributed by atoms with Crippen LogP contribution in [0.5, 0.6) is 0 Å². The maximum absolute atomic E-state index is 13.1. The third-order valence-corrected chi connectivity index (χ3v) is 5.34. The van der Waals surface area contributed by atoms with Crippen LogP contribution in [-0.2, 0) is 9.53 Å². The summed E-state index contributed by atoms with van der Waals surface area (Å²) in [4.78, 5) is 28.7. The molecule has 2 N–H and O–H groups in total. The van der Waals surface area contributed by atoms with Crippen molar-refractivity contribution in [3.63, 3.8) is 0 Å². The number of fused-ring (bicyclic) bond motifs is 2. The molecule has 6 nitrogen and oxygen atoms in total. The first-order valence-electron chi connectivity index (χ1n) is 9.04. The van der Waals surface area contributed by atoms with Crippen molar-refractivity contribution in [3.8, 4) is 0 Å². The highest BCUT2D eigenvalue weighted by atomic mass is 19.3. The molecule has 3 aliphatic rings. The average Bonchev–Trinajstić information content (AvgIpc) is 3.18. The normalized spacial score (nSPS) is 33.4. The standard InChI is InChI=1S/C18H27F2N3O3/c1-17(2,3)26-16(25)23-10-12-6-13(23)9-22(12)15(24)18(8-14(19)20)5-4-11(21)7-18/h4-5,11-14H,6-10,21H2,1-3H3/t11-,12-,13-,18+/m1/s1. The zero-order chi connectivity index (χ0) is 19.3. The van der Waals surface area contributed by atoms with Crippen LogP contribution in [0.3, 0.4) is 0 Å². The molecule has 0 unspecified atom stereocenters. The van der Waals surface area contributed by atoms with Gasteiger partial charge in [-0.2, -0.15) is 0 Å². The number of likely N-dealkylation sites (tertiary alicyclic amines) is 2. The van der Waals surface area contributed by atoms with Crippen LogP contribution in [0.25, 0.3) is 0 Å². The summed E-state index contributed by atoms with van der Waals surface area (Å²) in [6, 6.07) is -0.656. The van der Waals surface area contributed by atoms with Crippen LogP contribution in [0.2, 0.25) is 0 Å². The number of hydrogen-bond acceptors (Lipinski definition) is 4. The molecule has 0 saturated carbocycles. The largest absolute Gasteiger partial charge is 0.444 e. The summed E-state index contributed by atoms with van der Waals surface area (Å²) >= 11 is 0. The Kier molecular flexibility index (Phi) is 4.75. The first kappa shape index (κ1) is 19.1. The lowest BCUT2D eigenvalue weighted by molar-refractivity contribution is -0.144. The Morgan fingerprint density at radius 3 is 2.35 bits per heavy atom. The molecule has 2 amide bonds. The Morgan fingerprint density at radius 1 is 1.27 bits per heavy atom. The number of carbonyl (C=O) groups is 2. The van der Waals surface area contributed by atoms with Gasteiger partial charge in [0.15, 0.2) is 0 Å². The summed E-state index contributed by atoms with van der Waals surface area (Å²) in [7, 11) is 0. The van der Waals surface area contributed by atoms with E-state index in [1.807, 2.05) is 0 Å². The number of amides is 2. The highest BCUT2D eigenvalue weighted by Gasteiger charge is 2.53. The van der Waals surface area contributed by atoms with Crippen LogP contribution in [0.1, 0.15) is 40.0 Å². The first-order chi connectivity index (χ1) is 12.0. The molecule has 2 heterocycles. The number of halogens is 2. The second-order valence-electron chi connectivity index (χ2n) is 8.61. The number of alkyl halides is 2. The molecule has 8 heteroatoms. The van der Waals surface area contributed by atoms with Gasteiger partial charge in [0.25, 0.3) is 0 Å². The van der Waals surface area contributed by atoms with Gasteiger partial charge in [-0.15, -0.1) is 0 Å². The lowest BCUT2D eigenvalue weighted by Gasteiger charge is -2.39. The zero-order valence-corrected chi connectivity index (χ0v) is 15.5. The zero-order valence-electron chi connectivity index (χ0n) is 15.5. The van der Waals surface area contributed by atoms with Gasteiger partial charge in [0.1, 0.15) is 5.60 Å². The fraction of sp³-hybridized carbons (Fsp3) is 0.778. The van der Waals surface area contributed by atoms with Gasteiger partial charge in [0, 0.05) is 25.6 Å². The number of hydrogen-bond donors (Lipinski definition) is 1. The number of carbonyl (C=O) groups excluding carboxylic acids is 2. The van der Waals surface area contributed by atoms with E-state index in [-0.39, 0.29) is 36.5 Å². The predicted octanol–water partition coefficient (Wildman–Crippen LogP) is 2.14. The van der Waals surface area contributed by atoms with E-state index in [0.29, 0.717) is 19.5 Å². The Labute approximate surface area is 152 Å². The molecule has 0 aromatic carbocycles. The van der Waals surface area contributed by atoms with Crippen LogP contribution >= 0.6 is 0 Å². The lowest BCUT2D eigenvalue weighted by atomic mass is 9.81. The van der Waals surface area contributed by atoms with E-state index in [2.05, 4.69) is 0 Å². The van der Waals surface area contributed by atoms with Gasteiger partial charge in [-0.25, -0.2) is 13.6 Å². The smallest absolute Gasteiger partial charge is 0.410 e. The topological polar surface area (TPSA) is 75.9 Å². The van der Waals surface area contributed by atoms with E-state index in [9.17, 15) is 18.4 Å². The molecule has 0 radical (unpaired) electrons. The minimum absolute atomic E-state index is 0.124. The number of nitrogens with zero attached hydrogens (tertiary/aromatic N) is 2. The summed E-state index contributed by atoms with van der Waals surface area (Å²) in [5, 5.41) is 0. The molecule has 2 bridgehead atoms. The van der Waals surface area contributed by atoms with Gasteiger partial charge in [0.2, 0.25) is 12.3 Å². The maximum Gasteiger partial charge on any atom is 0.410 e. The van der Waals surface area contributed by atoms with Crippen LogP contribution < -0.4 is 5.73 Å². The van der Waals surface area contributed by atoms with Gasteiger partial charge in [0.05, 0.1) is 17.5 Å². The van der Waals surface area contributed by atoms with Gasteiger partial charge in [-0.1, -0.05) is 12.2 Å². The van der Waals surface area contributed by atoms with Crippen LogP contribution in [0.15, 0.2) is 12.2 Å². The van der Waals surface area contributed by atoms with Crippen molar-refractivity contribution in [3.05, 3.63) is 12.2 Å². The molecule has 0 aromatic heterocycles. The molecule has 4 atom stereocenters. The lowest BCUT2D eigenvalue weighted by Crippen LogP contribution is -2.55. The predicted molar refractivity (Wildman–Crippen MR) is 91.6 cm³/mol. The summed E-state index contributed by atoms with van der Waals surface area (Å²) in [5.74, 6) is -0.293. The van der Waals surface area contributed by atoms with E-state index in [4.69, 9.17) is 10.5 Å². The monoisotopic (exact) mass is 371 g/mol. The second kappa shape index (κ2) is 6.48. The van der Waals surface area contributed by atoms with E-state index in [1.165, 1.54) is 0 Å². The average molecular weight is 371 g/mol. The molecule has 0 spiro atoms. The quantitative estimate of drug-likeness (QED) is 0.771. The van der Waals surface area contributed by atoms with Gasteiger partial charge in [-0.3, -0.25) is 4.79 Å². The molecule has 3 rings (SSSR count). The molecule has 2 aliphatic heterocycles. The molecule has 2 saturated heterocycles. The number of rotatable bonds is 3. The van der Waals surface area contributed by atoms with E-state index in [0.717, 1.165) is 0 Å². The number of ether oxygens (including phenoxy) is 1. The van der Waals surface area contributed by atoms with Crippen molar-refractivity contribution in [2.24, 2.45) is 11.1 Å². The Bertz CT molecular complexity index is 619. The third-order valence-electron chi connectivity index (χ3n) is 5.34. The fourth-order valence-electron chi connectivity index (χ4n) is 4.28. The highest BCUT2D eigenvalue weighted by molar-refractivity contribution is 5.86. The summed E-state index contributed by atoms with van der Waals surface area (Å²) in [6.07, 6.45) is 0.588. The molecular formula is C18H27F2N3O3. The molecule has 0 aromatic rings. The minimum atomic E-state index is -2.58. The van der Waals surface area contributed by atoms with Crippen LogP contribution in [0.4, 0.5) is 13.6 Å².